The molecule has 2 heterocycles. The van der Waals surface area contributed by atoms with Gasteiger partial charge in [-0.15, -0.1) is 0 Å². The van der Waals surface area contributed by atoms with Gasteiger partial charge in [-0.25, -0.2) is 13.0 Å². The molecule has 0 N–H and O–H groups in total. The number of fused-ring (bicyclic) bond motifs is 2. The summed E-state index contributed by atoms with van der Waals surface area (Å²) in [4.78, 5) is 4.08. The van der Waals surface area contributed by atoms with E-state index in [2.05, 4.69) is 45.5 Å². The van der Waals surface area contributed by atoms with Gasteiger partial charge < -0.3 is 4.90 Å². The van der Waals surface area contributed by atoms with Crippen LogP contribution < -0.4 is 0 Å². The quantitative estimate of drug-likeness (QED) is 0.613. The minimum absolute atomic E-state index is 0.367. The second-order valence-electron chi connectivity index (χ2n) is 7.65. The van der Waals surface area contributed by atoms with Crippen LogP contribution in [0, 0.1) is 0 Å². The topological polar surface area (TPSA) is 79.5 Å². The van der Waals surface area contributed by atoms with E-state index in [9.17, 15) is 8.42 Å². The van der Waals surface area contributed by atoms with Gasteiger partial charge in [0.15, 0.2) is 0 Å². The van der Waals surface area contributed by atoms with Crippen molar-refractivity contribution in [1.82, 2.24) is 19.5 Å². The lowest BCUT2D eigenvalue weighted by Gasteiger charge is -2.34. The number of nitrogens with zero attached hydrogens (tertiary/aromatic N) is 4. The van der Waals surface area contributed by atoms with Crippen molar-refractivity contribution in [2.75, 3.05) is 33.2 Å². The number of aromatic nitrogens is 2. The monoisotopic (exact) mass is 442 g/mol. The second kappa shape index (κ2) is 7.81. The lowest BCUT2D eigenvalue weighted by molar-refractivity contribution is 0.221. The van der Waals surface area contributed by atoms with Crippen LogP contribution in [0.4, 0.5) is 0 Å². The number of likely N-dealkylation sites (N-methyl/N-ethyl adjacent to an activating group) is 1. The number of rotatable bonds is 4. The van der Waals surface area contributed by atoms with Gasteiger partial charge >= 0.3 is 0 Å². The van der Waals surface area contributed by atoms with Crippen LogP contribution in [0.3, 0.4) is 0 Å². The molecule has 0 spiro atoms. The standard InChI is InChI=1S/C21H22N4O3S2/c1-24-10-12-25(13-11-24)30(26,27)19-9-8-18(20-21(19)23-28-22-20)29-17-7-6-15-4-2-3-5-16(15)14-17/h2-8,14,19H,9-13H2,1H3. The van der Waals surface area contributed by atoms with Gasteiger partial charge in [0.25, 0.3) is 0 Å². The van der Waals surface area contributed by atoms with E-state index in [4.69, 9.17) is 4.63 Å². The summed E-state index contributed by atoms with van der Waals surface area (Å²) in [5, 5.41) is 9.65. The van der Waals surface area contributed by atoms with Crippen molar-refractivity contribution in [3.63, 3.8) is 0 Å². The fraction of sp³-hybridized carbons (Fsp3) is 0.333. The third-order valence-electron chi connectivity index (χ3n) is 5.70. The minimum Gasteiger partial charge on any atom is -0.304 e. The molecule has 2 aliphatic rings. The first-order valence-corrected chi connectivity index (χ1v) is 12.2. The average Bonchev–Trinajstić information content (AvgIpc) is 3.24. The highest BCUT2D eigenvalue weighted by atomic mass is 32.2. The predicted molar refractivity (Wildman–Crippen MR) is 117 cm³/mol. The summed E-state index contributed by atoms with van der Waals surface area (Å²) in [5.41, 5.74) is 0.946. The van der Waals surface area contributed by atoms with Crippen molar-refractivity contribution in [2.45, 2.75) is 16.6 Å². The fourth-order valence-corrected chi connectivity index (χ4v) is 6.74. The SMILES string of the molecule is CN1CCN(S(=O)(=O)C2CC=C(Sc3ccc4ccccc4c3)c3nonc32)CC1. The second-order valence-corrected chi connectivity index (χ2v) is 10.9. The van der Waals surface area contributed by atoms with Crippen molar-refractivity contribution < 1.29 is 13.0 Å². The molecular weight excluding hydrogens is 420 g/mol. The zero-order valence-corrected chi connectivity index (χ0v) is 18.2. The van der Waals surface area contributed by atoms with Crippen LogP contribution >= 0.6 is 11.8 Å². The normalized spacial score (nSPS) is 20.8. The van der Waals surface area contributed by atoms with Gasteiger partial charge in [0.1, 0.15) is 16.6 Å². The molecule has 1 aliphatic heterocycles. The Morgan fingerprint density at radius 3 is 2.60 bits per heavy atom. The molecule has 0 bridgehead atoms. The lowest BCUT2D eigenvalue weighted by atomic mass is 10.1. The minimum atomic E-state index is -3.53. The van der Waals surface area contributed by atoms with Crippen molar-refractivity contribution in [3.8, 4) is 0 Å². The van der Waals surface area contributed by atoms with E-state index in [0.717, 1.165) is 28.3 Å². The van der Waals surface area contributed by atoms with Gasteiger partial charge in [0.05, 0.1) is 0 Å². The van der Waals surface area contributed by atoms with Crippen molar-refractivity contribution in [2.24, 2.45) is 0 Å². The number of allylic oxidation sites excluding steroid dienone is 1. The largest absolute Gasteiger partial charge is 0.304 e. The number of piperazine rings is 1. The molecule has 1 saturated heterocycles. The molecule has 1 aromatic heterocycles. The third kappa shape index (κ3) is 3.56. The lowest BCUT2D eigenvalue weighted by Crippen LogP contribution is -2.48. The van der Waals surface area contributed by atoms with Crippen LogP contribution in [-0.2, 0) is 10.0 Å². The summed E-state index contributed by atoms with van der Waals surface area (Å²) < 4.78 is 33.1. The fourth-order valence-electron chi connectivity index (χ4n) is 3.93. The molecular formula is C21H22N4O3S2. The highest BCUT2D eigenvalue weighted by Crippen LogP contribution is 2.44. The Morgan fingerprint density at radius 2 is 1.80 bits per heavy atom. The Labute approximate surface area is 179 Å². The number of hydrogen-bond donors (Lipinski definition) is 0. The maximum absolute atomic E-state index is 13.3. The van der Waals surface area contributed by atoms with Crippen LogP contribution in [-0.4, -0.2) is 61.2 Å². The van der Waals surface area contributed by atoms with Gasteiger partial charge in [-0.05, 0) is 41.5 Å². The molecule has 9 heteroatoms. The first-order chi connectivity index (χ1) is 14.5. The molecule has 1 aliphatic carbocycles. The molecule has 156 valence electrons. The summed E-state index contributed by atoms with van der Waals surface area (Å²) in [6.07, 6.45) is 2.32. The van der Waals surface area contributed by atoms with Crippen LogP contribution in [0.1, 0.15) is 23.1 Å². The summed E-state index contributed by atoms with van der Waals surface area (Å²) >= 11 is 1.56. The van der Waals surface area contributed by atoms with E-state index in [-0.39, 0.29) is 0 Å². The summed E-state index contributed by atoms with van der Waals surface area (Å²) in [7, 11) is -1.52. The summed E-state index contributed by atoms with van der Waals surface area (Å²) in [6, 6.07) is 14.5. The Morgan fingerprint density at radius 1 is 1.03 bits per heavy atom. The van der Waals surface area contributed by atoms with Crippen LogP contribution in [0.2, 0.25) is 0 Å². The number of sulfonamides is 1. The van der Waals surface area contributed by atoms with E-state index >= 15 is 0 Å². The molecule has 1 atom stereocenters. The smallest absolute Gasteiger partial charge is 0.223 e. The van der Waals surface area contributed by atoms with Crippen molar-refractivity contribution in [1.29, 1.82) is 0 Å². The molecule has 3 aromatic rings. The zero-order valence-electron chi connectivity index (χ0n) is 16.6. The summed E-state index contributed by atoms with van der Waals surface area (Å²) in [6.45, 7) is 2.46. The molecule has 1 unspecified atom stereocenters. The van der Waals surface area contributed by atoms with E-state index in [0.29, 0.717) is 30.9 Å². The van der Waals surface area contributed by atoms with E-state index in [1.807, 2.05) is 25.3 Å². The molecule has 1 fully saturated rings. The number of benzene rings is 2. The molecule has 5 rings (SSSR count). The third-order valence-corrected chi connectivity index (χ3v) is 8.99. The van der Waals surface area contributed by atoms with Crippen LogP contribution in [0.25, 0.3) is 15.7 Å². The van der Waals surface area contributed by atoms with Crippen molar-refractivity contribution >= 4 is 37.5 Å². The average molecular weight is 443 g/mol. The highest BCUT2D eigenvalue weighted by molar-refractivity contribution is 8.08. The van der Waals surface area contributed by atoms with Crippen LogP contribution in [0.15, 0.2) is 58.1 Å². The van der Waals surface area contributed by atoms with Gasteiger partial charge in [0, 0.05) is 36.0 Å². The maximum atomic E-state index is 13.3. The molecule has 30 heavy (non-hydrogen) atoms. The highest BCUT2D eigenvalue weighted by Gasteiger charge is 2.40. The molecule has 0 amide bonds. The Bertz CT molecular complexity index is 1210. The number of hydrogen-bond acceptors (Lipinski definition) is 7. The molecule has 0 saturated carbocycles. The predicted octanol–water partition coefficient (Wildman–Crippen LogP) is 3.38. The maximum Gasteiger partial charge on any atom is 0.223 e. The Balaban J connectivity index is 1.41. The molecule has 2 aromatic carbocycles. The van der Waals surface area contributed by atoms with E-state index in [1.165, 1.54) is 5.39 Å². The Hall–Kier alpha value is -2.20. The van der Waals surface area contributed by atoms with Gasteiger partial charge in [0.2, 0.25) is 10.0 Å². The van der Waals surface area contributed by atoms with E-state index < -0.39 is 15.3 Å². The first kappa shape index (κ1) is 19.7. The first-order valence-electron chi connectivity index (χ1n) is 9.89. The van der Waals surface area contributed by atoms with Crippen molar-refractivity contribution in [3.05, 3.63) is 59.9 Å². The number of thioether (sulfide) groups is 1. The molecule has 0 radical (unpaired) electrons. The zero-order chi connectivity index (χ0) is 20.7. The van der Waals surface area contributed by atoms with Gasteiger partial charge in [-0.2, -0.15) is 4.31 Å². The van der Waals surface area contributed by atoms with Crippen LogP contribution in [0.5, 0.6) is 0 Å². The Kier molecular flexibility index (Phi) is 5.14. The molecule has 7 nitrogen and oxygen atoms in total. The summed E-state index contributed by atoms with van der Waals surface area (Å²) in [5.74, 6) is 0. The van der Waals surface area contributed by atoms with Gasteiger partial charge in [-0.3, -0.25) is 0 Å². The van der Waals surface area contributed by atoms with E-state index in [1.54, 1.807) is 16.1 Å². The van der Waals surface area contributed by atoms with Gasteiger partial charge in [-0.1, -0.05) is 53.3 Å².